The molecule has 0 unspecified atom stereocenters. The molecule has 0 aliphatic heterocycles. The maximum absolute atomic E-state index is 13.4. The van der Waals surface area contributed by atoms with Crippen LogP contribution in [0, 0.1) is 0 Å². The van der Waals surface area contributed by atoms with Crippen molar-refractivity contribution < 1.29 is 17.9 Å². The first-order valence-electron chi connectivity index (χ1n) is 11.0. The fourth-order valence-corrected chi connectivity index (χ4v) is 5.05. The zero-order chi connectivity index (χ0) is 23.7. The molecule has 0 heterocycles. The van der Waals surface area contributed by atoms with Gasteiger partial charge in [0.1, 0.15) is 12.3 Å². The first-order valence-corrected chi connectivity index (χ1v) is 12.4. The Morgan fingerprint density at radius 2 is 1.61 bits per heavy atom. The van der Waals surface area contributed by atoms with Crippen molar-refractivity contribution in [2.24, 2.45) is 0 Å². The van der Waals surface area contributed by atoms with Gasteiger partial charge in [0.2, 0.25) is 5.91 Å². The lowest BCUT2D eigenvalue weighted by atomic mass is 10.1. The summed E-state index contributed by atoms with van der Waals surface area (Å²) >= 11 is 0. The molecule has 0 aliphatic carbocycles. The quantitative estimate of drug-likeness (QED) is 0.430. The lowest BCUT2D eigenvalue weighted by molar-refractivity contribution is -0.119. The Labute approximate surface area is 196 Å². The van der Waals surface area contributed by atoms with E-state index in [1.807, 2.05) is 43.3 Å². The molecule has 1 amide bonds. The standard InChI is InChI=1S/C26H30N2O4S/c1-3-22-11-7-8-14-25(22)28(33(30,31)24-12-5-4-6-13-24)20-26(29)27-19-9-10-21-15-17-23(32-2)18-16-21/h4-8,11-18H,3,9-10,19-20H2,1-2H3,(H,27,29). The topological polar surface area (TPSA) is 75.7 Å². The van der Waals surface area contributed by atoms with E-state index in [4.69, 9.17) is 4.74 Å². The highest BCUT2D eigenvalue weighted by molar-refractivity contribution is 7.92. The Bertz CT molecular complexity index is 1150. The van der Waals surface area contributed by atoms with Gasteiger partial charge in [-0.05, 0) is 60.7 Å². The molecule has 0 fully saturated rings. The summed E-state index contributed by atoms with van der Waals surface area (Å²) in [4.78, 5) is 12.9. The third-order valence-corrected chi connectivity index (χ3v) is 7.16. The van der Waals surface area contributed by atoms with Gasteiger partial charge in [0.25, 0.3) is 10.0 Å². The van der Waals surface area contributed by atoms with Gasteiger partial charge >= 0.3 is 0 Å². The fourth-order valence-electron chi connectivity index (χ4n) is 3.57. The van der Waals surface area contributed by atoms with E-state index in [2.05, 4.69) is 5.32 Å². The molecule has 0 saturated carbocycles. The van der Waals surface area contributed by atoms with Crippen molar-refractivity contribution in [3.05, 3.63) is 90.0 Å². The minimum atomic E-state index is -3.90. The molecule has 0 radical (unpaired) electrons. The van der Waals surface area contributed by atoms with Gasteiger partial charge in [-0.25, -0.2) is 8.42 Å². The van der Waals surface area contributed by atoms with Crippen molar-refractivity contribution in [1.82, 2.24) is 5.32 Å². The SMILES string of the molecule is CCc1ccccc1N(CC(=O)NCCCc1ccc(OC)cc1)S(=O)(=O)c1ccccc1. The van der Waals surface area contributed by atoms with Gasteiger partial charge in [-0.15, -0.1) is 0 Å². The van der Waals surface area contributed by atoms with Crippen LogP contribution in [0.5, 0.6) is 5.75 Å². The second-order valence-corrected chi connectivity index (χ2v) is 9.47. The predicted molar refractivity (Wildman–Crippen MR) is 131 cm³/mol. The number of ether oxygens (including phenoxy) is 1. The molecule has 1 N–H and O–H groups in total. The number of para-hydroxylation sites is 1. The summed E-state index contributed by atoms with van der Waals surface area (Å²) in [6.07, 6.45) is 2.20. The Morgan fingerprint density at radius 1 is 0.939 bits per heavy atom. The molecule has 6 nitrogen and oxygen atoms in total. The summed E-state index contributed by atoms with van der Waals surface area (Å²) in [5.41, 5.74) is 2.54. The van der Waals surface area contributed by atoms with Gasteiger partial charge in [-0.2, -0.15) is 0 Å². The van der Waals surface area contributed by atoms with Crippen LogP contribution < -0.4 is 14.4 Å². The Balaban J connectivity index is 1.70. The summed E-state index contributed by atoms with van der Waals surface area (Å²) in [6, 6.07) is 23.3. The molecule has 7 heteroatoms. The lowest BCUT2D eigenvalue weighted by Crippen LogP contribution is -2.41. The predicted octanol–water partition coefficient (Wildman–Crippen LogP) is 4.20. The number of benzene rings is 3. The molecule has 3 rings (SSSR count). The van der Waals surface area contributed by atoms with Gasteiger partial charge in [0.05, 0.1) is 17.7 Å². The first-order chi connectivity index (χ1) is 16.0. The number of amides is 1. The van der Waals surface area contributed by atoms with E-state index in [1.165, 1.54) is 4.31 Å². The molecule has 174 valence electrons. The lowest BCUT2D eigenvalue weighted by Gasteiger charge is -2.26. The van der Waals surface area contributed by atoms with E-state index in [1.54, 1.807) is 49.6 Å². The number of anilines is 1. The minimum Gasteiger partial charge on any atom is -0.497 e. The number of rotatable bonds is 11. The van der Waals surface area contributed by atoms with Crippen LogP contribution in [-0.2, 0) is 27.7 Å². The smallest absolute Gasteiger partial charge is 0.264 e. The monoisotopic (exact) mass is 466 g/mol. The molecule has 0 atom stereocenters. The van der Waals surface area contributed by atoms with Crippen LogP contribution in [0.15, 0.2) is 83.8 Å². The number of methoxy groups -OCH3 is 1. The number of sulfonamides is 1. The summed E-state index contributed by atoms with van der Waals surface area (Å²) in [6.45, 7) is 2.14. The van der Waals surface area contributed by atoms with Crippen LogP contribution >= 0.6 is 0 Å². The summed E-state index contributed by atoms with van der Waals surface area (Å²) in [5.74, 6) is 0.467. The number of carbonyl (C=O) groups is 1. The van der Waals surface area contributed by atoms with E-state index >= 15 is 0 Å². The number of hydrogen-bond donors (Lipinski definition) is 1. The normalized spacial score (nSPS) is 11.1. The molecule has 0 spiro atoms. The van der Waals surface area contributed by atoms with Crippen molar-refractivity contribution in [3.8, 4) is 5.75 Å². The second-order valence-electron chi connectivity index (χ2n) is 7.61. The van der Waals surface area contributed by atoms with Crippen LogP contribution in [0.4, 0.5) is 5.69 Å². The third-order valence-electron chi connectivity index (χ3n) is 5.38. The number of nitrogens with zero attached hydrogens (tertiary/aromatic N) is 1. The average Bonchev–Trinajstić information content (AvgIpc) is 2.86. The highest BCUT2D eigenvalue weighted by Gasteiger charge is 2.28. The summed E-state index contributed by atoms with van der Waals surface area (Å²) in [7, 11) is -2.27. The van der Waals surface area contributed by atoms with Gasteiger partial charge in [0, 0.05) is 6.54 Å². The highest BCUT2D eigenvalue weighted by Crippen LogP contribution is 2.27. The van der Waals surface area contributed by atoms with Crippen LogP contribution in [-0.4, -0.2) is 34.5 Å². The minimum absolute atomic E-state index is 0.156. The molecular formula is C26H30N2O4S. The van der Waals surface area contributed by atoms with E-state index in [0.29, 0.717) is 18.7 Å². The fraction of sp³-hybridized carbons (Fsp3) is 0.269. The number of carbonyl (C=O) groups excluding carboxylic acids is 1. The molecule has 0 bridgehead atoms. The van der Waals surface area contributed by atoms with Crippen molar-refractivity contribution in [3.63, 3.8) is 0 Å². The van der Waals surface area contributed by atoms with Gasteiger partial charge in [-0.1, -0.05) is 55.5 Å². The van der Waals surface area contributed by atoms with Crippen molar-refractivity contribution in [1.29, 1.82) is 0 Å². The van der Waals surface area contributed by atoms with E-state index in [-0.39, 0.29) is 17.3 Å². The molecule has 33 heavy (non-hydrogen) atoms. The first kappa shape index (κ1) is 24.3. The molecule has 0 saturated heterocycles. The van der Waals surface area contributed by atoms with Crippen LogP contribution in [0.1, 0.15) is 24.5 Å². The largest absolute Gasteiger partial charge is 0.497 e. The van der Waals surface area contributed by atoms with Gasteiger partial charge < -0.3 is 10.1 Å². The summed E-state index contributed by atoms with van der Waals surface area (Å²) in [5, 5.41) is 2.87. The molecular weight excluding hydrogens is 436 g/mol. The molecule has 3 aromatic carbocycles. The van der Waals surface area contributed by atoms with E-state index in [0.717, 1.165) is 29.7 Å². The number of hydrogen-bond acceptors (Lipinski definition) is 4. The zero-order valence-electron chi connectivity index (χ0n) is 19.0. The molecule has 0 aliphatic rings. The van der Waals surface area contributed by atoms with Gasteiger partial charge in [0.15, 0.2) is 0 Å². The van der Waals surface area contributed by atoms with E-state index in [9.17, 15) is 13.2 Å². The number of aryl methyl sites for hydroxylation is 2. The number of nitrogens with one attached hydrogen (secondary N) is 1. The van der Waals surface area contributed by atoms with Crippen molar-refractivity contribution >= 4 is 21.6 Å². The second kappa shape index (κ2) is 11.5. The zero-order valence-corrected chi connectivity index (χ0v) is 19.8. The Hall–Kier alpha value is -3.32. The molecule has 3 aromatic rings. The maximum Gasteiger partial charge on any atom is 0.264 e. The highest BCUT2D eigenvalue weighted by atomic mass is 32.2. The van der Waals surface area contributed by atoms with Crippen molar-refractivity contribution in [2.45, 2.75) is 31.1 Å². The average molecular weight is 467 g/mol. The van der Waals surface area contributed by atoms with Gasteiger partial charge in [-0.3, -0.25) is 9.10 Å². The molecule has 0 aromatic heterocycles. The van der Waals surface area contributed by atoms with Crippen LogP contribution in [0.3, 0.4) is 0 Å². The van der Waals surface area contributed by atoms with E-state index < -0.39 is 10.0 Å². The Morgan fingerprint density at radius 3 is 2.27 bits per heavy atom. The third kappa shape index (κ3) is 6.35. The van der Waals surface area contributed by atoms with Crippen molar-refractivity contribution in [2.75, 3.05) is 24.5 Å². The van der Waals surface area contributed by atoms with Crippen LogP contribution in [0.25, 0.3) is 0 Å². The Kier molecular flexibility index (Phi) is 8.49. The maximum atomic E-state index is 13.4. The van der Waals surface area contributed by atoms with Crippen LogP contribution in [0.2, 0.25) is 0 Å². The summed E-state index contributed by atoms with van der Waals surface area (Å²) < 4.78 is 33.3.